The summed E-state index contributed by atoms with van der Waals surface area (Å²) < 4.78 is 8.21. The van der Waals surface area contributed by atoms with Gasteiger partial charge in [0.25, 0.3) is 0 Å². The molecule has 0 amide bonds. The number of aryl methyl sites for hydroxylation is 2. The smallest absolute Gasteiger partial charge is 0.193 e. The van der Waals surface area contributed by atoms with E-state index in [0.717, 1.165) is 86.4 Å². The van der Waals surface area contributed by atoms with Crippen LogP contribution in [0.5, 0.6) is 0 Å². The maximum atomic E-state index is 14.2. The Kier molecular flexibility index (Phi) is 8.02. The Morgan fingerprint density at radius 3 is 2.63 bits per heavy atom. The van der Waals surface area contributed by atoms with Crippen LogP contribution in [0.25, 0.3) is 10.9 Å². The zero-order valence-corrected chi connectivity index (χ0v) is 25.5. The molecule has 5 heterocycles. The number of rotatable bonds is 8. The summed E-state index contributed by atoms with van der Waals surface area (Å²) in [5.74, 6) is 0.415. The monoisotopic (exact) mass is 577 g/mol. The van der Waals surface area contributed by atoms with Crippen molar-refractivity contribution < 1.29 is 4.74 Å². The summed E-state index contributed by atoms with van der Waals surface area (Å²) in [6.07, 6.45) is 12.9. The highest BCUT2D eigenvalue weighted by Crippen LogP contribution is 2.38. The number of piperidine rings is 1. The molecule has 1 aromatic carbocycles. The second kappa shape index (κ2) is 12.2. The average Bonchev–Trinajstić information content (AvgIpc) is 3.88. The number of hydrogen-bond donors (Lipinski definition) is 0. The van der Waals surface area contributed by atoms with Crippen molar-refractivity contribution in [2.75, 3.05) is 31.2 Å². The summed E-state index contributed by atoms with van der Waals surface area (Å²) >= 11 is 0. The molecule has 0 bridgehead atoms. The molecule has 4 aromatic rings. The summed E-state index contributed by atoms with van der Waals surface area (Å²) in [7, 11) is 0. The molecule has 2 saturated heterocycles. The number of benzene rings is 1. The first kappa shape index (κ1) is 28.2. The van der Waals surface area contributed by atoms with Gasteiger partial charge in [-0.3, -0.25) is 19.7 Å². The molecule has 3 aromatic heterocycles. The minimum Gasteiger partial charge on any atom is -0.381 e. The van der Waals surface area contributed by atoms with E-state index in [1.54, 1.807) is 0 Å². The molecule has 1 aliphatic carbocycles. The summed E-state index contributed by atoms with van der Waals surface area (Å²) in [5, 5.41) is 0.848. The molecule has 7 heteroatoms. The quantitative estimate of drug-likeness (QED) is 0.245. The highest BCUT2D eigenvalue weighted by Gasteiger charge is 2.30. The van der Waals surface area contributed by atoms with E-state index in [1.165, 1.54) is 29.7 Å². The Morgan fingerprint density at radius 1 is 0.953 bits per heavy atom. The third-order valence-electron chi connectivity index (χ3n) is 9.60. The van der Waals surface area contributed by atoms with Gasteiger partial charge >= 0.3 is 0 Å². The van der Waals surface area contributed by atoms with Gasteiger partial charge in [-0.15, -0.1) is 0 Å². The number of ether oxygens (including phenoxy) is 1. The van der Waals surface area contributed by atoms with E-state index in [9.17, 15) is 4.79 Å². The van der Waals surface area contributed by atoms with E-state index in [2.05, 4.69) is 73.0 Å². The van der Waals surface area contributed by atoms with Gasteiger partial charge in [0.05, 0.1) is 24.0 Å². The molecule has 43 heavy (non-hydrogen) atoms. The standard InChI is InChI=1S/C36H43N5O2/c1-25-7-9-32(19-38-25)39-15-3-6-33(23-39)40(20-27-13-14-37-26(2)17-27)21-30-22-41(31-10-11-31)35-18-28(8-12-34(35)36(30)42)29-5-4-16-43-24-29/h7-9,12-14,17-19,22,29,31,33H,3-6,10-11,15-16,20-21,23-24H2,1-2H3/t29?,33-/m0/s1. The normalized spacial score (nSPS) is 21.0. The van der Waals surface area contributed by atoms with E-state index >= 15 is 0 Å². The van der Waals surface area contributed by atoms with Crippen molar-refractivity contribution in [3.05, 3.63) is 99.4 Å². The number of fused-ring (bicyclic) bond motifs is 1. The third-order valence-corrected chi connectivity index (χ3v) is 9.60. The highest BCUT2D eigenvalue weighted by atomic mass is 16.5. The number of anilines is 1. The molecule has 2 aliphatic heterocycles. The molecule has 0 radical (unpaired) electrons. The molecule has 0 spiro atoms. The summed E-state index contributed by atoms with van der Waals surface area (Å²) in [6, 6.07) is 15.9. The van der Waals surface area contributed by atoms with Gasteiger partial charge < -0.3 is 14.2 Å². The first-order chi connectivity index (χ1) is 21.0. The topological polar surface area (TPSA) is 63.5 Å². The van der Waals surface area contributed by atoms with Crippen molar-refractivity contribution in [3.8, 4) is 0 Å². The van der Waals surface area contributed by atoms with Crippen molar-refractivity contribution in [1.82, 2.24) is 19.4 Å². The fourth-order valence-corrected chi connectivity index (χ4v) is 7.05. The van der Waals surface area contributed by atoms with Crippen LogP contribution >= 0.6 is 0 Å². The SMILES string of the molecule is Cc1ccc(N2CCC[C@H](N(Cc3ccnc(C)c3)Cc3cn(C4CC4)c4cc(C5CCCOC5)ccc4c3=O)C2)cn1. The van der Waals surface area contributed by atoms with Crippen LogP contribution in [0, 0.1) is 13.8 Å². The van der Waals surface area contributed by atoms with Crippen LogP contribution < -0.4 is 10.3 Å². The van der Waals surface area contributed by atoms with Gasteiger partial charge in [-0.1, -0.05) is 6.07 Å². The minimum absolute atomic E-state index is 0.171. The Bertz CT molecular complexity index is 1640. The van der Waals surface area contributed by atoms with Gasteiger partial charge in [-0.2, -0.15) is 0 Å². The second-order valence-corrected chi connectivity index (χ2v) is 12.9. The van der Waals surface area contributed by atoms with E-state index in [0.29, 0.717) is 24.5 Å². The predicted octanol–water partition coefficient (Wildman–Crippen LogP) is 6.31. The summed E-state index contributed by atoms with van der Waals surface area (Å²) in [5.41, 5.74) is 7.93. The van der Waals surface area contributed by atoms with Gasteiger partial charge in [-0.05, 0) is 99.9 Å². The van der Waals surface area contributed by atoms with E-state index in [1.807, 2.05) is 26.2 Å². The van der Waals surface area contributed by atoms with Gasteiger partial charge in [0.2, 0.25) is 0 Å². The average molecular weight is 578 g/mol. The molecule has 224 valence electrons. The van der Waals surface area contributed by atoms with Crippen LogP contribution in [0.2, 0.25) is 0 Å². The molecule has 3 fully saturated rings. The maximum absolute atomic E-state index is 14.2. The predicted molar refractivity (Wildman–Crippen MR) is 172 cm³/mol. The number of pyridine rings is 3. The minimum atomic E-state index is 0.171. The Labute approximate surface area is 254 Å². The lowest BCUT2D eigenvalue weighted by Crippen LogP contribution is -2.48. The van der Waals surface area contributed by atoms with Crippen molar-refractivity contribution >= 4 is 16.6 Å². The lowest BCUT2D eigenvalue weighted by atomic mass is 9.92. The third kappa shape index (κ3) is 6.24. The van der Waals surface area contributed by atoms with Crippen LogP contribution in [0.15, 0.2) is 65.8 Å². The fourth-order valence-electron chi connectivity index (χ4n) is 7.05. The molecule has 3 aliphatic rings. The van der Waals surface area contributed by atoms with E-state index < -0.39 is 0 Å². The van der Waals surface area contributed by atoms with Crippen LogP contribution in [-0.4, -0.2) is 51.8 Å². The lowest BCUT2D eigenvalue weighted by molar-refractivity contribution is 0.0805. The highest BCUT2D eigenvalue weighted by molar-refractivity contribution is 5.81. The van der Waals surface area contributed by atoms with E-state index in [4.69, 9.17) is 4.74 Å². The lowest BCUT2D eigenvalue weighted by Gasteiger charge is -2.40. The van der Waals surface area contributed by atoms with Crippen LogP contribution in [0.4, 0.5) is 5.69 Å². The van der Waals surface area contributed by atoms with Crippen molar-refractivity contribution in [2.24, 2.45) is 0 Å². The number of hydrogen-bond acceptors (Lipinski definition) is 6. The Morgan fingerprint density at radius 2 is 1.86 bits per heavy atom. The van der Waals surface area contributed by atoms with Crippen molar-refractivity contribution in [3.63, 3.8) is 0 Å². The zero-order chi connectivity index (χ0) is 29.3. The second-order valence-electron chi connectivity index (χ2n) is 12.9. The Balaban J connectivity index is 1.23. The fraction of sp³-hybridized carbons (Fsp3) is 0.472. The molecule has 0 N–H and O–H groups in total. The molecular weight excluding hydrogens is 534 g/mol. The number of nitrogens with zero attached hydrogens (tertiary/aromatic N) is 5. The van der Waals surface area contributed by atoms with Gasteiger partial charge in [0.15, 0.2) is 5.43 Å². The number of aromatic nitrogens is 3. The van der Waals surface area contributed by atoms with Crippen molar-refractivity contribution in [2.45, 2.75) is 83.5 Å². The molecule has 7 rings (SSSR count). The first-order valence-electron chi connectivity index (χ1n) is 16.1. The van der Waals surface area contributed by atoms with Crippen LogP contribution in [0.1, 0.15) is 78.6 Å². The molecule has 2 atom stereocenters. The van der Waals surface area contributed by atoms with E-state index in [-0.39, 0.29) is 5.43 Å². The first-order valence-corrected chi connectivity index (χ1v) is 16.1. The Hall–Kier alpha value is -3.55. The van der Waals surface area contributed by atoms with Crippen molar-refractivity contribution in [1.29, 1.82) is 0 Å². The maximum Gasteiger partial charge on any atom is 0.193 e. The molecule has 1 unspecified atom stereocenters. The van der Waals surface area contributed by atoms with Crippen LogP contribution in [-0.2, 0) is 17.8 Å². The largest absolute Gasteiger partial charge is 0.381 e. The zero-order valence-electron chi connectivity index (χ0n) is 25.5. The van der Waals surface area contributed by atoms with Gasteiger partial charge in [0.1, 0.15) is 0 Å². The van der Waals surface area contributed by atoms with Gasteiger partial charge in [0, 0.05) is 85.5 Å². The summed E-state index contributed by atoms with van der Waals surface area (Å²) in [6.45, 7) is 9.08. The molecule has 7 nitrogen and oxygen atoms in total. The molecular formula is C36H43N5O2. The molecule has 1 saturated carbocycles. The van der Waals surface area contributed by atoms with Gasteiger partial charge in [-0.25, -0.2) is 0 Å². The summed E-state index contributed by atoms with van der Waals surface area (Å²) in [4.78, 5) is 28.2. The van der Waals surface area contributed by atoms with Crippen LogP contribution in [0.3, 0.4) is 0 Å².